The van der Waals surface area contributed by atoms with Gasteiger partial charge >= 0.3 is 0 Å². The van der Waals surface area contributed by atoms with Gasteiger partial charge in [0, 0.05) is 4.88 Å². The lowest BCUT2D eigenvalue weighted by Gasteiger charge is -2.06. The number of amides is 1. The maximum absolute atomic E-state index is 12.2. The minimum Gasteiger partial charge on any atom is -0.320 e. The van der Waals surface area contributed by atoms with Gasteiger partial charge in [-0.15, -0.1) is 11.3 Å². The Kier molecular flexibility index (Phi) is 4.27. The normalized spacial score (nSPS) is 10.5. The van der Waals surface area contributed by atoms with Crippen molar-refractivity contribution in [2.75, 3.05) is 5.32 Å². The zero-order valence-corrected chi connectivity index (χ0v) is 12.8. The molecule has 0 aliphatic heterocycles. The van der Waals surface area contributed by atoms with Gasteiger partial charge in [0.2, 0.25) is 0 Å². The van der Waals surface area contributed by atoms with E-state index >= 15 is 0 Å². The second kappa shape index (κ2) is 5.76. The number of anilines is 1. The van der Waals surface area contributed by atoms with E-state index in [-0.39, 0.29) is 5.91 Å². The van der Waals surface area contributed by atoms with Crippen LogP contribution in [-0.2, 0) is 6.42 Å². The third kappa shape index (κ3) is 3.17. The quantitative estimate of drug-likeness (QED) is 0.862. The minimum atomic E-state index is -0.0986. The van der Waals surface area contributed by atoms with Crippen LogP contribution in [0.5, 0.6) is 0 Å². The van der Waals surface area contributed by atoms with Crippen molar-refractivity contribution >= 4 is 34.5 Å². The van der Waals surface area contributed by atoms with E-state index in [0.717, 1.165) is 16.9 Å². The zero-order chi connectivity index (χ0) is 14.0. The molecule has 1 aromatic heterocycles. The summed E-state index contributed by atoms with van der Waals surface area (Å²) in [6.07, 6.45) is 0.953. The van der Waals surface area contributed by atoms with Crippen LogP contribution in [0.25, 0.3) is 0 Å². The monoisotopic (exact) mass is 293 g/mol. The van der Waals surface area contributed by atoms with E-state index in [1.165, 1.54) is 10.4 Å². The number of nitrogens with one attached hydrogen (secondary N) is 1. The summed E-state index contributed by atoms with van der Waals surface area (Å²) < 4.78 is 0. The van der Waals surface area contributed by atoms with Crippen LogP contribution in [0.1, 0.15) is 32.6 Å². The van der Waals surface area contributed by atoms with E-state index < -0.39 is 0 Å². The molecule has 0 saturated carbocycles. The standard InChI is InChI=1S/C15H16ClNOS/c1-4-13-10(3)8-14(19-13)15(18)17-12-6-5-9(2)7-11(12)16/h5-8H,4H2,1-3H3,(H,17,18). The van der Waals surface area contributed by atoms with Gasteiger partial charge in [0.05, 0.1) is 15.6 Å². The van der Waals surface area contributed by atoms with Gasteiger partial charge in [0.25, 0.3) is 5.91 Å². The number of rotatable bonds is 3. The molecular formula is C15H16ClNOS. The molecule has 4 heteroatoms. The van der Waals surface area contributed by atoms with Crippen LogP contribution >= 0.6 is 22.9 Å². The van der Waals surface area contributed by atoms with Gasteiger partial charge in [0.15, 0.2) is 0 Å². The summed E-state index contributed by atoms with van der Waals surface area (Å²) in [5.74, 6) is -0.0986. The average molecular weight is 294 g/mol. The Hall–Kier alpha value is -1.32. The highest BCUT2D eigenvalue weighted by Gasteiger charge is 2.13. The molecule has 0 aliphatic rings. The van der Waals surface area contributed by atoms with Crippen LogP contribution in [0.4, 0.5) is 5.69 Å². The smallest absolute Gasteiger partial charge is 0.265 e. The molecule has 0 atom stereocenters. The Morgan fingerprint density at radius 1 is 1.32 bits per heavy atom. The molecule has 2 rings (SSSR count). The largest absolute Gasteiger partial charge is 0.320 e. The molecule has 100 valence electrons. The van der Waals surface area contributed by atoms with Gasteiger partial charge in [-0.3, -0.25) is 4.79 Å². The SMILES string of the molecule is CCc1sc(C(=O)Nc2ccc(C)cc2Cl)cc1C. The van der Waals surface area contributed by atoms with Crippen LogP contribution in [-0.4, -0.2) is 5.91 Å². The first-order valence-corrected chi connectivity index (χ1v) is 7.37. The fraction of sp³-hybridized carbons (Fsp3) is 0.267. The molecular weight excluding hydrogens is 278 g/mol. The second-order valence-electron chi connectivity index (χ2n) is 4.51. The number of thiophene rings is 1. The molecule has 19 heavy (non-hydrogen) atoms. The van der Waals surface area contributed by atoms with E-state index in [4.69, 9.17) is 11.6 Å². The predicted octanol–water partition coefficient (Wildman–Crippen LogP) is 4.83. The molecule has 2 aromatic rings. The van der Waals surface area contributed by atoms with Crippen molar-refractivity contribution in [2.45, 2.75) is 27.2 Å². The van der Waals surface area contributed by atoms with Gasteiger partial charge in [-0.25, -0.2) is 0 Å². The summed E-state index contributed by atoms with van der Waals surface area (Å²) in [5.41, 5.74) is 2.90. The fourth-order valence-corrected chi connectivity index (χ4v) is 3.18. The molecule has 0 aliphatic carbocycles. The highest BCUT2D eigenvalue weighted by atomic mass is 35.5. The van der Waals surface area contributed by atoms with Crippen molar-refractivity contribution in [1.29, 1.82) is 0 Å². The van der Waals surface area contributed by atoms with E-state index in [2.05, 4.69) is 12.2 Å². The summed E-state index contributed by atoms with van der Waals surface area (Å²) in [6.45, 7) is 6.09. The molecule has 0 saturated heterocycles. The Balaban J connectivity index is 2.20. The predicted molar refractivity (Wildman–Crippen MR) is 82.6 cm³/mol. The topological polar surface area (TPSA) is 29.1 Å². The van der Waals surface area contributed by atoms with Crippen LogP contribution < -0.4 is 5.32 Å². The molecule has 0 bridgehead atoms. The molecule has 1 heterocycles. The van der Waals surface area contributed by atoms with Crippen LogP contribution in [0, 0.1) is 13.8 Å². The summed E-state index contributed by atoms with van der Waals surface area (Å²) in [4.78, 5) is 14.2. The highest BCUT2D eigenvalue weighted by Crippen LogP contribution is 2.26. The minimum absolute atomic E-state index is 0.0986. The van der Waals surface area contributed by atoms with Gasteiger partial charge < -0.3 is 5.32 Å². The van der Waals surface area contributed by atoms with Gasteiger partial charge in [-0.05, 0) is 49.6 Å². The lowest BCUT2D eigenvalue weighted by Crippen LogP contribution is -2.10. The maximum Gasteiger partial charge on any atom is 0.265 e. The molecule has 0 radical (unpaired) electrons. The summed E-state index contributed by atoms with van der Waals surface area (Å²) >= 11 is 7.65. The summed E-state index contributed by atoms with van der Waals surface area (Å²) in [5, 5.41) is 3.42. The van der Waals surface area contributed by atoms with Gasteiger partial charge in [0.1, 0.15) is 0 Å². The Labute approximate surface area is 122 Å². The molecule has 0 fully saturated rings. The molecule has 2 nitrogen and oxygen atoms in total. The van der Waals surface area contributed by atoms with Crippen molar-refractivity contribution < 1.29 is 4.79 Å². The fourth-order valence-electron chi connectivity index (χ4n) is 1.89. The first kappa shape index (κ1) is 14.1. The molecule has 1 aromatic carbocycles. The van der Waals surface area contributed by atoms with E-state index in [1.54, 1.807) is 11.3 Å². The third-order valence-electron chi connectivity index (χ3n) is 2.94. The van der Waals surface area contributed by atoms with Crippen molar-refractivity contribution in [3.8, 4) is 0 Å². The number of carbonyl (C=O) groups is 1. The van der Waals surface area contributed by atoms with Gasteiger partial charge in [-0.2, -0.15) is 0 Å². The van der Waals surface area contributed by atoms with Crippen molar-refractivity contribution in [3.05, 3.63) is 50.2 Å². The molecule has 0 unspecified atom stereocenters. The first-order valence-electron chi connectivity index (χ1n) is 6.18. The first-order chi connectivity index (χ1) is 9.01. The molecule has 1 N–H and O–H groups in total. The number of hydrogen-bond acceptors (Lipinski definition) is 2. The second-order valence-corrected chi connectivity index (χ2v) is 6.05. The molecule has 0 spiro atoms. The number of hydrogen-bond donors (Lipinski definition) is 1. The van der Waals surface area contributed by atoms with E-state index in [1.807, 2.05) is 38.1 Å². The maximum atomic E-state index is 12.2. The summed E-state index contributed by atoms with van der Waals surface area (Å²) in [6, 6.07) is 7.53. The summed E-state index contributed by atoms with van der Waals surface area (Å²) in [7, 11) is 0. The Morgan fingerprint density at radius 2 is 2.05 bits per heavy atom. The van der Waals surface area contributed by atoms with Crippen molar-refractivity contribution in [3.63, 3.8) is 0 Å². The number of carbonyl (C=O) groups excluding carboxylic acids is 1. The van der Waals surface area contributed by atoms with Gasteiger partial charge in [-0.1, -0.05) is 24.6 Å². The lowest BCUT2D eigenvalue weighted by molar-refractivity contribution is 0.103. The lowest BCUT2D eigenvalue weighted by atomic mass is 10.2. The third-order valence-corrected chi connectivity index (χ3v) is 4.63. The highest BCUT2D eigenvalue weighted by molar-refractivity contribution is 7.14. The number of benzene rings is 1. The number of halogens is 1. The van der Waals surface area contributed by atoms with E-state index in [0.29, 0.717) is 10.7 Å². The van der Waals surface area contributed by atoms with Crippen LogP contribution in [0.2, 0.25) is 5.02 Å². The van der Waals surface area contributed by atoms with Crippen molar-refractivity contribution in [1.82, 2.24) is 0 Å². The van der Waals surface area contributed by atoms with Crippen LogP contribution in [0.15, 0.2) is 24.3 Å². The zero-order valence-electron chi connectivity index (χ0n) is 11.2. The number of aryl methyl sites for hydroxylation is 3. The van der Waals surface area contributed by atoms with Crippen molar-refractivity contribution in [2.24, 2.45) is 0 Å². The van der Waals surface area contributed by atoms with Crippen LogP contribution in [0.3, 0.4) is 0 Å². The van der Waals surface area contributed by atoms with E-state index in [9.17, 15) is 4.79 Å². The molecule has 1 amide bonds. The average Bonchev–Trinajstić information content (AvgIpc) is 2.74. The Morgan fingerprint density at radius 3 is 2.63 bits per heavy atom. The Bertz CT molecular complexity index is 619.